The summed E-state index contributed by atoms with van der Waals surface area (Å²) in [4.78, 5) is 11.5. The smallest absolute Gasteiger partial charge is 0.311 e. The largest absolute Gasteiger partial charge is 0.481 e. The highest BCUT2D eigenvalue weighted by Crippen LogP contribution is 2.38. The summed E-state index contributed by atoms with van der Waals surface area (Å²) in [6.07, 6.45) is 4.71. The third-order valence-electron chi connectivity index (χ3n) is 3.85. The third-order valence-corrected chi connectivity index (χ3v) is 3.85. The van der Waals surface area contributed by atoms with Crippen LogP contribution in [0.15, 0.2) is 12.3 Å². The van der Waals surface area contributed by atoms with Gasteiger partial charge in [-0.2, -0.15) is 10.4 Å². The normalized spacial score (nSPS) is 26.4. The van der Waals surface area contributed by atoms with Gasteiger partial charge in [0.05, 0.1) is 17.2 Å². The minimum atomic E-state index is -0.831. The quantitative estimate of drug-likeness (QED) is 0.859. The van der Waals surface area contributed by atoms with Crippen molar-refractivity contribution in [3.05, 3.63) is 17.8 Å². The Hall–Kier alpha value is -2.16. The van der Waals surface area contributed by atoms with Gasteiger partial charge in [0, 0.05) is 6.04 Å². The molecule has 0 saturated heterocycles. The van der Waals surface area contributed by atoms with Gasteiger partial charge in [0.2, 0.25) is 0 Å². The van der Waals surface area contributed by atoms with E-state index >= 15 is 0 Å². The second kappa shape index (κ2) is 5.22. The first-order chi connectivity index (χ1) is 9.08. The van der Waals surface area contributed by atoms with Crippen LogP contribution in [0.4, 0.5) is 5.82 Å². The SMILES string of the molecule is CC1(C(=O)O)CCCCC1Nc1nnccc1C#N. The molecule has 2 unspecified atom stereocenters. The highest BCUT2D eigenvalue weighted by molar-refractivity contribution is 5.76. The molecular weight excluding hydrogens is 244 g/mol. The molecular formula is C13H16N4O2. The first kappa shape index (κ1) is 13.3. The van der Waals surface area contributed by atoms with Gasteiger partial charge in [-0.15, -0.1) is 5.10 Å². The Morgan fingerprint density at radius 1 is 1.63 bits per heavy atom. The zero-order valence-electron chi connectivity index (χ0n) is 10.8. The molecule has 1 aliphatic carbocycles. The number of nitrogens with zero attached hydrogens (tertiary/aromatic N) is 3. The van der Waals surface area contributed by atoms with Crippen LogP contribution >= 0.6 is 0 Å². The number of aromatic nitrogens is 2. The van der Waals surface area contributed by atoms with Crippen molar-refractivity contribution in [1.29, 1.82) is 5.26 Å². The van der Waals surface area contributed by atoms with Crippen molar-refractivity contribution in [1.82, 2.24) is 10.2 Å². The van der Waals surface area contributed by atoms with Crippen molar-refractivity contribution < 1.29 is 9.90 Å². The monoisotopic (exact) mass is 260 g/mol. The number of hydrogen-bond donors (Lipinski definition) is 2. The third kappa shape index (κ3) is 2.50. The number of carboxylic acids is 1. The van der Waals surface area contributed by atoms with Gasteiger partial charge in [-0.25, -0.2) is 0 Å². The van der Waals surface area contributed by atoms with Crippen LogP contribution < -0.4 is 5.32 Å². The van der Waals surface area contributed by atoms with E-state index in [1.54, 1.807) is 13.0 Å². The first-order valence-corrected chi connectivity index (χ1v) is 6.29. The van der Waals surface area contributed by atoms with E-state index in [1.807, 2.05) is 6.07 Å². The Morgan fingerprint density at radius 2 is 2.42 bits per heavy atom. The Bertz CT molecular complexity index is 526. The van der Waals surface area contributed by atoms with Gasteiger partial charge < -0.3 is 10.4 Å². The number of rotatable bonds is 3. The molecule has 0 spiro atoms. The van der Waals surface area contributed by atoms with Crippen molar-refractivity contribution in [2.75, 3.05) is 5.32 Å². The number of carboxylic acid groups (broad SMARTS) is 1. The lowest BCUT2D eigenvalue weighted by molar-refractivity contribution is -0.150. The van der Waals surface area contributed by atoms with Crippen molar-refractivity contribution >= 4 is 11.8 Å². The molecule has 1 heterocycles. The second-order valence-corrected chi connectivity index (χ2v) is 5.07. The highest BCUT2D eigenvalue weighted by Gasteiger charge is 2.43. The lowest BCUT2D eigenvalue weighted by Crippen LogP contribution is -2.46. The molecule has 1 saturated carbocycles. The van der Waals surface area contributed by atoms with Gasteiger partial charge >= 0.3 is 5.97 Å². The van der Waals surface area contributed by atoms with Crippen LogP contribution in [0, 0.1) is 16.7 Å². The van der Waals surface area contributed by atoms with E-state index in [1.165, 1.54) is 6.20 Å². The Balaban J connectivity index is 2.26. The molecule has 0 aliphatic heterocycles. The van der Waals surface area contributed by atoms with E-state index in [9.17, 15) is 9.90 Å². The maximum Gasteiger partial charge on any atom is 0.311 e. The standard InChI is InChI=1S/C13H16N4O2/c1-13(12(18)19)6-3-2-4-10(13)16-11-9(8-14)5-7-15-17-11/h5,7,10H,2-4,6H2,1H3,(H,16,17)(H,18,19). The van der Waals surface area contributed by atoms with E-state index in [0.717, 1.165) is 19.3 Å². The van der Waals surface area contributed by atoms with Gasteiger partial charge in [-0.1, -0.05) is 12.8 Å². The minimum Gasteiger partial charge on any atom is -0.481 e. The molecule has 0 radical (unpaired) electrons. The molecule has 2 atom stereocenters. The zero-order valence-corrected chi connectivity index (χ0v) is 10.8. The van der Waals surface area contributed by atoms with Crippen molar-refractivity contribution in [2.24, 2.45) is 5.41 Å². The van der Waals surface area contributed by atoms with Crippen molar-refractivity contribution in [2.45, 2.75) is 38.6 Å². The van der Waals surface area contributed by atoms with Gasteiger partial charge in [0.1, 0.15) is 6.07 Å². The summed E-state index contributed by atoms with van der Waals surface area (Å²) >= 11 is 0. The Labute approximate surface area is 111 Å². The van der Waals surface area contributed by atoms with Gasteiger partial charge in [-0.05, 0) is 25.8 Å². The Kier molecular flexibility index (Phi) is 3.65. The molecule has 1 aromatic rings. The zero-order chi connectivity index (χ0) is 13.9. The maximum atomic E-state index is 11.5. The fraction of sp³-hybridized carbons (Fsp3) is 0.538. The van der Waals surface area contributed by atoms with E-state index < -0.39 is 11.4 Å². The maximum absolute atomic E-state index is 11.5. The van der Waals surface area contributed by atoms with E-state index in [0.29, 0.717) is 17.8 Å². The average molecular weight is 260 g/mol. The summed E-state index contributed by atoms with van der Waals surface area (Å²) < 4.78 is 0. The number of anilines is 1. The van der Waals surface area contributed by atoms with E-state index in [2.05, 4.69) is 15.5 Å². The molecule has 1 aromatic heterocycles. The van der Waals surface area contributed by atoms with Crippen LogP contribution in [0.1, 0.15) is 38.2 Å². The molecule has 19 heavy (non-hydrogen) atoms. The fourth-order valence-corrected chi connectivity index (χ4v) is 2.51. The number of hydrogen-bond acceptors (Lipinski definition) is 5. The summed E-state index contributed by atoms with van der Waals surface area (Å²) in [7, 11) is 0. The van der Waals surface area contributed by atoms with Crippen molar-refractivity contribution in [3.8, 4) is 6.07 Å². The van der Waals surface area contributed by atoms with E-state index in [-0.39, 0.29) is 6.04 Å². The number of nitrogens with one attached hydrogen (secondary N) is 1. The summed E-state index contributed by atoms with van der Waals surface area (Å²) in [6.45, 7) is 1.74. The lowest BCUT2D eigenvalue weighted by atomic mass is 9.71. The predicted octanol–water partition coefficient (Wildman–Crippen LogP) is 1.79. The molecule has 2 rings (SSSR count). The summed E-state index contributed by atoms with van der Waals surface area (Å²) in [5.41, 5.74) is -0.448. The van der Waals surface area contributed by atoms with Crippen molar-refractivity contribution in [3.63, 3.8) is 0 Å². The van der Waals surface area contributed by atoms with Gasteiger partial charge in [-0.3, -0.25) is 4.79 Å². The highest BCUT2D eigenvalue weighted by atomic mass is 16.4. The number of nitriles is 1. The molecule has 0 amide bonds. The van der Waals surface area contributed by atoms with Crippen LogP contribution in [0.25, 0.3) is 0 Å². The molecule has 6 heteroatoms. The molecule has 1 fully saturated rings. The molecule has 1 aliphatic rings. The van der Waals surface area contributed by atoms with Crippen LogP contribution in [-0.4, -0.2) is 27.3 Å². The summed E-state index contributed by atoms with van der Waals surface area (Å²) in [5, 5.41) is 29.2. The summed E-state index contributed by atoms with van der Waals surface area (Å²) in [6, 6.07) is 3.36. The van der Waals surface area contributed by atoms with Crippen LogP contribution in [0.2, 0.25) is 0 Å². The Morgan fingerprint density at radius 3 is 3.11 bits per heavy atom. The topological polar surface area (TPSA) is 98.9 Å². The van der Waals surface area contributed by atoms with Crippen LogP contribution in [-0.2, 0) is 4.79 Å². The molecule has 0 bridgehead atoms. The van der Waals surface area contributed by atoms with Crippen LogP contribution in [0.5, 0.6) is 0 Å². The average Bonchev–Trinajstić information content (AvgIpc) is 2.42. The van der Waals surface area contributed by atoms with E-state index in [4.69, 9.17) is 5.26 Å². The van der Waals surface area contributed by atoms with Crippen LogP contribution in [0.3, 0.4) is 0 Å². The molecule has 0 aromatic carbocycles. The molecule has 6 nitrogen and oxygen atoms in total. The fourth-order valence-electron chi connectivity index (χ4n) is 2.51. The lowest BCUT2D eigenvalue weighted by Gasteiger charge is -2.38. The molecule has 2 N–H and O–H groups in total. The summed E-state index contributed by atoms with van der Waals surface area (Å²) in [5.74, 6) is -0.448. The second-order valence-electron chi connectivity index (χ2n) is 5.07. The predicted molar refractivity (Wildman–Crippen MR) is 68.4 cm³/mol. The number of aliphatic carboxylic acids is 1. The minimum absolute atomic E-state index is 0.234. The van der Waals surface area contributed by atoms with Gasteiger partial charge in [0.15, 0.2) is 5.82 Å². The molecule has 100 valence electrons. The first-order valence-electron chi connectivity index (χ1n) is 6.29. The number of carbonyl (C=O) groups is 1. The van der Waals surface area contributed by atoms with Gasteiger partial charge in [0.25, 0.3) is 0 Å².